The number of aryl methyl sites for hydroxylation is 1. The SMILES string of the molecule is CCN1C[C@]2(CCCN(Cc3ccc(C)cc3)CC2)O[C@H](C)C1=O. The van der Waals surface area contributed by atoms with E-state index in [1.165, 1.54) is 11.1 Å². The predicted octanol–water partition coefficient (Wildman–Crippen LogP) is 2.99. The number of rotatable bonds is 3. The van der Waals surface area contributed by atoms with Crippen molar-refractivity contribution in [2.24, 2.45) is 0 Å². The van der Waals surface area contributed by atoms with Crippen molar-refractivity contribution in [1.82, 2.24) is 9.80 Å². The molecule has 1 aromatic rings. The maximum Gasteiger partial charge on any atom is 0.251 e. The number of ether oxygens (including phenoxy) is 1. The largest absolute Gasteiger partial charge is 0.360 e. The fourth-order valence-electron chi connectivity index (χ4n) is 4.02. The molecule has 0 aromatic heterocycles. The highest BCUT2D eigenvalue weighted by molar-refractivity contribution is 5.81. The summed E-state index contributed by atoms with van der Waals surface area (Å²) in [6.07, 6.45) is 2.88. The molecule has 0 aliphatic carbocycles. The Morgan fingerprint density at radius 2 is 1.96 bits per heavy atom. The number of amides is 1. The summed E-state index contributed by atoms with van der Waals surface area (Å²) in [6, 6.07) is 8.83. The number of morpholine rings is 1. The maximum atomic E-state index is 12.2. The van der Waals surface area contributed by atoms with Crippen LogP contribution in [-0.4, -0.2) is 53.6 Å². The van der Waals surface area contributed by atoms with Gasteiger partial charge in [0, 0.05) is 26.2 Å². The summed E-state index contributed by atoms with van der Waals surface area (Å²) in [5.41, 5.74) is 2.54. The second-order valence-corrected chi connectivity index (χ2v) is 7.41. The van der Waals surface area contributed by atoms with Crippen molar-refractivity contribution in [3.05, 3.63) is 35.4 Å². The zero-order valence-electron chi connectivity index (χ0n) is 15.3. The van der Waals surface area contributed by atoms with Gasteiger partial charge in [0.25, 0.3) is 5.91 Å². The van der Waals surface area contributed by atoms with Crippen LogP contribution in [0.2, 0.25) is 0 Å². The van der Waals surface area contributed by atoms with Gasteiger partial charge in [0.15, 0.2) is 0 Å². The van der Waals surface area contributed by atoms with Crippen molar-refractivity contribution < 1.29 is 9.53 Å². The van der Waals surface area contributed by atoms with Crippen molar-refractivity contribution in [3.8, 4) is 0 Å². The van der Waals surface area contributed by atoms with E-state index >= 15 is 0 Å². The van der Waals surface area contributed by atoms with E-state index in [9.17, 15) is 4.79 Å². The van der Waals surface area contributed by atoms with Crippen molar-refractivity contribution in [1.29, 1.82) is 0 Å². The number of carbonyl (C=O) groups excluding carboxylic acids is 1. The van der Waals surface area contributed by atoms with Gasteiger partial charge >= 0.3 is 0 Å². The summed E-state index contributed by atoms with van der Waals surface area (Å²) in [6.45, 7) is 10.8. The number of likely N-dealkylation sites (N-methyl/N-ethyl adjacent to an activating group) is 1. The number of hydrogen-bond acceptors (Lipinski definition) is 3. The number of carbonyl (C=O) groups is 1. The van der Waals surface area contributed by atoms with Crippen LogP contribution in [0.4, 0.5) is 0 Å². The van der Waals surface area contributed by atoms with Crippen molar-refractivity contribution in [3.63, 3.8) is 0 Å². The highest BCUT2D eigenvalue weighted by Gasteiger charge is 2.43. The Hall–Kier alpha value is -1.39. The summed E-state index contributed by atoms with van der Waals surface area (Å²) in [5, 5.41) is 0. The van der Waals surface area contributed by atoms with Crippen LogP contribution in [0.3, 0.4) is 0 Å². The number of hydrogen-bond donors (Lipinski definition) is 0. The maximum absolute atomic E-state index is 12.2. The fraction of sp³-hybridized carbons (Fsp3) is 0.650. The van der Waals surface area contributed by atoms with Crippen LogP contribution in [0.25, 0.3) is 0 Å². The molecule has 0 radical (unpaired) electrons. The Bertz CT molecular complexity index is 572. The van der Waals surface area contributed by atoms with Crippen molar-refractivity contribution in [2.45, 2.75) is 58.3 Å². The Morgan fingerprint density at radius 1 is 1.21 bits per heavy atom. The van der Waals surface area contributed by atoms with E-state index in [0.717, 1.165) is 52.0 Å². The first-order chi connectivity index (χ1) is 11.5. The molecule has 2 aliphatic rings. The predicted molar refractivity (Wildman–Crippen MR) is 95.8 cm³/mol. The average Bonchev–Trinajstić information content (AvgIpc) is 2.76. The van der Waals surface area contributed by atoms with Crippen molar-refractivity contribution >= 4 is 5.91 Å². The molecule has 2 saturated heterocycles. The lowest BCUT2D eigenvalue weighted by molar-refractivity contribution is -0.182. The lowest BCUT2D eigenvalue weighted by Gasteiger charge is -2.44. The topological polar surface area (TPSA) is 32.8 Å². The molecule has 2 heterocycles. The first kappa shape index (κ1) is 17.4. The minimum absolute atomic E-state index is 0.142. The number of benzene rings is 1. The van der Waals surface area contributed by atoms with Gasteiger partial charge in [-0.05, 0) is 52.1 Å². The molecule has 0 bridgehead atoms. The normalized spacial score (nSPS) is 29.0. The minimum atomic E-state index is -0.303. The molecule has 4 heteroatoms. The molecule has 2 atom stereocenters. The second kappa shape index (κ2) is 7.24. The molecule has 0 saturated carbocycles. The third kappa shape index (κ3) is 3.81. The molecule has 1 aromatic carbocycles. The van der Waals surface area contributed by atoms with E-state index in [4.69, 9.17) is 4.74 Å². The van der Waals surface area contributed by atoms with Gasteiger partial charge in [-0.2, -0.15) is 0 Å². The summed E-state index contributed by atoms with van der Waals surface area (Å²) < 4.78 is 6.24. The Labute approximate surface area is 145 Å². The van der Waals surface area contributed by atoms with Crippen LogP contribution in [0.5, 0.6) is 0 Å². The van der Waals surface area contributed by atoms with E-state index in [1.54, 1.807) is 0 Å². The molecule has 2 fully saturated rings. The zero-order valence-corrected chi connectivity index (χ0v) is 15.3. The third-order valence-electron chi connectivity index (χ3n) is 5.46. The van der Waals surface area contributed by atoms with Crippen LogP contribution in [0.1, 0.15) is 44.2 Å². The van der Waals surface area contributed by atoms with Gasteiger partial charge in [0.05, 0.1) is 5.60 Å². The third-order valence-corrected chi connectivity index (χ3v) is 5.46. The van der Waals surface area contributed by atoms with Crippen LogP contribution in [0, 0.1) is 6.92 Å². The standard InChI is InChI=1S/C20H30N2O2/c1-4-22-15-20(24-17(3)19(22)23)10-5-12-21(13-11-20)14-18-8-6-16(2)7-9-18/h6-9,17H,4-5,10-15H2,1-3H3/t17-,20-/m1/s1. The minimum Gasteiger partial charge on any atom is -0.360 e. The first-order valence-corrected chi connectivity index (χ1v) is 9.26. The van der Waals surface area contributed by atoms with Gasteiger partial charge in [-0.1, -0.05) is 29.8 Å². The molecule has 132 valence electrons. The summed E-state index contributed by atoms with van der Waals surface area (Å²) in [7, 11) is 0. The second-order valence-electron chi connectivity index (χ2n) is 7.41. The van der Waals surface area contributed by atoms with Gasteiger partial charge < -0.3 is 9.64 Å². The van der Waals surface area contributed by atoms with Crippen molar-refractivity contribution in [2.75, 3.05) is 26.2 Å². The van der Waals surface area contributed by atoms with E-state index < -0.39 is 0 Å². The highest BCUT2D eigenvalue weighted by atomic mass is 16.5. The van der Waals surface area contributed by atoms with Crippen LogP contribution in [-0.2, 0) is 16.1 Å². The quantitative estimate of drug-likeness (QED) is 0.854. The van der Waals surface area contributed by atoms with Crippen LogP contribution in [0.15, 0.2) is 24.3 Å². The van der Waals surface area contributed by atoms with Gasteiger partial charge in [-0.15, -0.1) is 0 Å². The molecule has 4 nitrogen and oxygen atoms in total. The molecule has 24 heavy (non-hydrogen) atoms. The van der Waals surface area contributed by atoms with Gasteiger partial charge in [0.2, 0.25) is 0 Å². The van der Waals surface area contributed by atoms with E-state index in [-0.39, 0.29) is 17.6 Å². The Balaban J connectivity index is 1.64. The van der Waals surface area contributed by atoms with E-state index in [1.807, 2.05) is 11.8 Å². The molecule has 1 amide bonds. The van der Waals surface area contributed by atoms with Crippen LogP contribution >= 0.6 is 0 Å². The lowest BCUT2D eigenvalue weighted by atomic mass is 9.91. The molecule has 3 rings (SSSR count). The Kier molecular flexibility index (Phi) is 5.26. The average molecular weight is 330 g/mol. The van der Waals surface area contributed by atoms with E-state index in [0.29, 0.717) is 0 Å². The fourth-order valence-corrected chi connectivity index (χ4v) is 4.02. The van der Waals surface area contributed by atoms with E-state index in [2.05, 4.69) is 43.0 Å². The van der Waals surface area contributed by atoms with Gasteiger partial charge in [-0.3, -0.25) is 9.69 Å². The molecule has 1 spiro atoms. The first-order valence-electron chi connectivity index (χ1n) is 9.26. The molecule has 2 aliphatic heterocycles. The monoisotopic (exact) mass is 330 g/mol. The zero-order chi connectivity index (χ0) is 17.2. The summed E-state index contributed by atoms with van der Waals surface area (Å²) in [5.74, 6) is 0.142. The van der Waals surface area contributed by atoms with Gasteiger partial charge in [0.1, 0.15) is 6.10 Å². The molecule has 0 N–H and O–H groups in total. The van der Waals surface area contributed by atoms with Gasteiger partial charge in [-0.25, -0.2) is 0 Å². The number of likely N-dealkylation sites (tertiary alicyclic amines) is 1. The number of nitrogens with zero attached hydrogens (tertiary/aromatic N) is 2. The molecular formula is C20H30N2O2. The summed E-state index contributed by atoms with van der Waals surface area (Å²) in [4.78, 5) is 16.7. The molecular weight excluding hydrogens is 300 g/mol. The lowest BCUT2D eigenvalue weighted by Crippen LogP contribution is -2.58. The highest BCUT2D eigenvalue weighted by Crippen LogP contribution is 2.33. The smallest absolute Gasteiger partial charge is 0.251 e. The summed E-state index contributed by atoms with van der Waals surface area (Å²) >= 11 is 0. The van der Waals surface area contributed by atoms with Crippen LogP contribution < -0.4 is 0 Å². The Morgan fingerprint density at radius 3 is 2.67 bits per heavy atom. The molecule has 0 unspecified atom stereocenters.